The second-order valence-electron chi connectivity index (χ2n) is 6.10. The lowest BCUT2D eigenvalue weighted by molar-refractivity contribution is 0.0594. The highest BCUT2D eigenvalue weighted by Crippen LogP contribution is 2.35. The van der Waals surface area contributed by atoms with Crippen LogP contribution in [0.1, 0.15) is 43.6 Å². The first-order chi connectivity index (χ1) is 9.36. The van der Waals surface area contributed by atoms with E-state index in [1.54, 1.807) is 0 Å². The van der Waals surface area contributed by atoms with Crippen molar-refractivity contribution in [2.75, 3.05) is 13.1 Å². The molecule has 2 nitrogen and oxygen atoms in total. The van der Waals surface area contributed by atoms with Gasteiger partial charge >= 0.3 is 0 Å². The van der Waals surface area contributed by atoms with Crippen LogP contribution in [0, 0.1) is 17.2 Å². The second-order valence-corrected chi connectivity index (χ2v) is 6.10. The Morgan fingerprint density at radius 2 is 1.74 bits per heavy atom. The van der Waals surface area contributed by atoms with Crippen LogP contribution in [-0.2, 0) is 0 Å². The zero-order chi connectivity index (χ0) is 13.1. The summed E-state index contributed by atoms with van der Waals surface area (Å²) < 4.78 is 0. The summed E-state index contributed by atoms with van der Waals surface area (Å²) in [5.74, 6) is 1.42. The molecule has 0 unspecified atom stereocenters. The van der Waals surface area contributed by atoms with Crippen LogP contribution in [0.25, 0.3) is 0 Å². The Balaban J connectivity index is 1.46. The highest BCUT2D eigenvalue weighted by Gasteiger charge is 2.34. The van der Waals surface area contributed by atoms with E-state index in [1.165, 1.54) is 44.3 Å². The number of likely N-dealkylation sites (tertiary alicyclic amines) is 1. The maximum atomic E-state index is 8.75. The van der Waals surface area contributed by atoms with E-state index in [0.29, 0.717) is 5.92 Å². The maximum absolute atomic E-state index is 8.75. The summed E-state index contributed by atoms with van der Waals surface area (Å²) in [6, 6.07) is 14.0. The van der Waals surface area contributed by atoms with Gasteiger partial charge in [0.25, 0.3) is 0 Å². The van der Waals surface area contributed by atoms with Crippen molar-refractivity contribution in [3.8, 4) is 6.07 Å². The SMILES string of the molecule is N#CCC1CCC(N2CC(c3ccccc3)C2)CC1. The minimum atomic E-state index is 0.674. The predicted octanol–water partition coefficient (Wildman–Crippen LogP) is 3.56. The minimum absolute atomic E-state index is 0.674. The zero-order valence-corrected chi connectivity index (χ0v) is 11.5. The largest absolute Gasteiger partial charge is 0.299 e. The molecule has 1 aromatic rings. The van der Waals surface area contributed by atoms with Crippen LogP contribution in [0.15, 0.2) is 30.3 Å². The van der Waals surface area contributed by atoms with Crippen molar-refractivity contribution in [3.63, 3.8) is 0 Å². The van der Waals surface area contributed by atoms with E-state index in [9.17, 15) is 0 Å². The fourth-order valence-corrected chi connectivity index (χ4v) is 3.59. The van der Waals surface area contributed by atoms with Crippen molar-refractivity contribution >= 4 is 0 Å². The van der Waals surface area contributed by atoms with E-state index in [4.69, 9.17) is 5.26 Å². The van der Waals surface area contributed by atoms with E-state index in [-0.39, 0.29) is 0 Å². The van der Waals surface area contributed by atoms with Crippen LogP contribution in [0.4, 0.5) is 0 Å². The molecule has 0 aromatic heterocycles. The average molecular weight is 254 g/mol. The summed E-state index contributed by atoms with van der Waals surface area (Å²) in [7, 11) is 0. The summed E-state index contributed by atoms with van der Waals surface area (Å²) in [5, 5.41) is 8.75. The standard InChI is InChI=1S/C17H22N2/c18-11-10-14-6-8-17(9-7-14)19-12-16(13-19)15-4-2-1-3-5-15/h1-5,14,16-17H,6-10,12-13H2. The summed E-state index contributed by atoms with van der Waals surface area (Å²) >= 11 is 0. The first-order valence-electron chi connectivity index (χ1n) is 7.52. The Morgan fingerprint density at radius 1 is 1.05 bits per heavy atom. The molecule has 2 fully saturated rings. The van der Waals surface area contributed by atoms with Gasteiger partial charge in [0.05, 0.1) is 6.07 Å². The van der Waals surface area contributed by atoms with Crippen LogP contribution >= 0.6 is 0 Å². The van der Waals surface area contributed by atoms with E-state index in [1.807, 2.05) is 0 Å². The third kappa shape index (κ3) is 2.82. The van der Waals surface area contributed by atoms with Crippen molar-refractivity contribution in [1.29, 1.82) is 5.26 Å². The Morgan fingerprint density at radius 3 is 2.37 bits per heavy atom. The lowest BCUT2D eigenvalue weighted by atomic mass is 9.81. The fraction of sp³-hybridized carbons (Fsp3) is 0.588. The minimum Gasteiger partial charge on any atom is -0.299 e. The van der Waals surface area contributed by atoms with E-state index < -0.39 is 0 Å². The summed E-state index contributed by atoms with van der Waals surface area (Å²) in [6.45, 7) is 2.47. The highest BCUT2D eigenvalue weighted by molar-refractivity contribution is 5.22. The van der Waals surface area contributed by atoms with E-state index >= 15 is 0 Å². The number of hydrogen-bond donors (Lipinski definition) is 0. The molecular weight excluding hydrogens is 232 g/mol. The molecule has 1 aliphatic heterocycles. The molecule has 0 N–H and O–H groups in total. The summed E-state index contributed by atoms with van der Waals surface area (Å²) in [5.41, 5.74) is 1.50. The van der Waals surface area contributed by atoms with Crippen LogP contribution < -0.4 is 0 Å². The lowest BCUT2D eigenvalue weighted by Gasteiger charge is -2.46. The van der Waals surface area contributed by atoms with Crippen molar-refractivity contribution < 1.29 is 0 Å². The molecule has 1 saturated carbocycles. The van der Waals surface area contributed by atoms with Gasteiger partial charge in [-0.1, -0.05) is 30.3 Å². The topological polar surface area (TPSA) is 27.0 Å². The fourth-order valence-electron chi connectivity index (χ4n) is 3.59. The zero-order valence-electron chi connectivity index (χ0n) is 11.5. The molecule has 0 spiro atoms. The maximum Gasteiger partial charge on any atom is 0.0624 e. The van der Waals surface area contributed by atoms with Crippen molar-refractivity contribution in [1.82, 2.24) is 4.90 Å². The van der Waals surface area contributed by atoms with Gasteiger partial charge in [-0.3, -0.25) is 4.90 Å². The van der Waals surface area contributed by atoms with Gasteiger partial charge in [0.2, 0.25) is 0 Å². The van der Waals surface area contributed by atoms with Gasteiger partial charge < -0.3 is 0 Å². The van der Waals surface area contributed by atoms with Gasteiger partial charge in [0, 0.05) is 31.5 Å². The van der Waals surface area contributed by atoms with Crippen molar-refractivity contribution in [3.05, 3.63) is 35.9 Å². The van der Waals surface area contributed by atoms with Crippen LogP contribution in [-0.4, -0.2) is 24.0 Å². The van der Waals surface area contributed by atoms with Gasteiger partial charge in [-0.2, -0.15) is 5.26 Å². The van der Waals surface area contributed by atoms with Crippen LogP contribution in [0.2, 0.25) is 0 Å². The van der Waals surface area contributed by atoms with Gasteiger partial charge in [-0.15, -0.1) is 0 Å². The normalized spacial score (nSPS) is 28.6. The average Bonchev–Trinajstić information content (AvgIpc) is 2.41. The Bertz CT molecular complexity index is 434. The molecule has 0 atom stereocenters. The molecule has 19 heavy (non-hydrogen) atoms. The number of nitrogens with zero attached hydrogens (tertiary/aromatic N) is 2. The quantitative estimate of drug-likeness (QED) is 0.824. The smallest absolute Gasteiger partial charge is 0.0624 e. The summed E-state index contributed by atoms with van der Waals surface area (Å²) in [6.07, 6.45) is 5.87. The molecule has 0 amide bonds. The molecule has 1 heterocycles. The number of benzene rings is 1. The molecule has 2 aliphatic rings. The van der Waals surface area contributed by atoms with Crippen LogP contribution in [0.5, 0.6) is 0 Å². The third-order valence-corrected chi connectivity index (χ3v) is 4.89. The molecule has 2 heteroatoms. The van der Waals surface area contributed by atoms with Gasteiger partial charge in [-0.05, 0) is 37.2 Å². The first-order valence-corrected chi connectivity index (χ1v) is 7.52. The number of nitriles is 1. The molecule has 0 bridgehead atoms. The molecule has 100 valence electrons. The number of hydrogen-bond acceptors (Lipinski definition) is 2. The first kappa shape index (κ1) is 12.7. The van der Waals surface area contributed by atoms with Crippen molar-refractivity contribution in [2.24, 2.45) is 5.92 Å². The molecule has 3 rings (SSSR count). The predicted molar refractivity (Wildman–Crippen MR) is 76.7 cm³/mol. The Kier molecular flexibility index (Phi) is 3.84. The van der Waals surface area contributed by atoms with Crippen molar-refractivity contribution in [2.45, 2.75) is 44.1 Å². The monoisotopic (exact) mass is 254 g/mol. The van der Waals surface area contributed by atoms with E-state index in [2.05, 4.69) is 41.3 Å². The van der Waals surface area contributed by atoms with Gasteiger partial charge in [-0.25, -0.2) is 0 Å². The highest BCUT2D eigenvalue weighted by atomic mass is 15.2. The van der Waals surface area contributed by atoms with E-state index in [0.717, 1.165) is 18.4 Å². The third-order valence-electron chi connectivity index (χ3n) is 4.89. The molecule has 1 saturated heterocycles. The second kappa shape index (κ2) is 5.75. The molecule has 0 radical (unpaired) electrons. The number of rotatable bonds is 3. The Labute approximate surface area is 116 Å². The van der Waals surface area contributed by atoms with Gasteiger partial charge in [0.1, 0.15) is 0 Å². The summed E-state index contributed by atoms with van der Waals surface area (Å²) in [4.78, 5) is 2.65. The molecule has 1 aliphatic carbocycles. The van der Waals surface area contributed by atoms with Gasteiger partial charge in [0.15, 0.2) is 0 Å². The van der Waals surface area contributed by atoms with Crippen LogP contribution in [0.3, 0.4) is 0 Å². The lowest BCUT2D eigenvalue weighted by Crippen LogP contribution is -2.51. The molecular formula is C17H22N2. The molecule has 1 aromatic carbocycles. The Hall–Kier alpha value is -1.33.